The van der Waals surface area contributed by atoms with Gasteiger partial charge in [-0.1, -0.05) is 18.6 Å². The summed E-state index contributed by atoms with van der Waals surface area (Å²) in [6, 6.07) is 8.54. The molecule has 4 rings (SSSR count). The number of benzene rings is 1. The van der Waals surface area contributed by atoms with Crippen molar-refractivity contribution in [3.8, 4) is 0 Å². The van der Waals surface area contributed by atoms with Crippen molar-refractivity contribution in [3.63, 3.8) is 0 Å². The standard InChI is InChI=1S/C25H38N6O/c1-30(2)24-21-8-4-5-9-22(21)28-25(29-24)27-20-12-10-19(11-13-20)18-26-23(32)14-17-31-15-6-3-7-16-31/h4-5,8-9,19-20H,3,6-7,10-18H2,1-2H3,(H,26,32)(H,27,28,29). The Kier molecular flexibility index (Phi) is 7.79. The molecule has 1 amide bonds. The molecule has 0 atom stereocenters. The van der Waals surface area contributed by atoms with Crippen LogP contribution in [0.1, 0.15) is 51.4 Å². The molecule has 2 aliphatic rings. The molecule has 1 aromatic heterocycles. The highest BCUT2D eigenvalue weighted by molar-refractivity contribution is 5.90. The molecule has 32 heavy (non-hydrogen) atoms. The fourth-order valence-electron chi connectivity index (χ4n) is 4.95. The first kappa shape index (κ1) is 22.8. The van der Waals surface area contributed by atoms with E-state index < -0.39 is 0 Å². The van der Waals surface area contributed by atoms with E-state index >= 15 is 0 Å². The Morgan fingerprint density at radius 3 is 2.56 bits per heavy atom. The lowest BCUT2D eigenvalue weighted by Gasteiger charge is -2.30. The third kappa shape index (κ3) is 6.09. The van der Waals surface area contributed by atoms with E-state index in [0.717, 1.165) is 68.6 Å². The van der Waals surface area contributed by atoms with Crippen LogP contribution in [0.15, 0.2) is 24.3 Å². The van der Waals surface area contributed by atoms with E-state index in [0.29, 0.717) is 24.3 Å². The Balaban J connectivity index is 1.21. The van der Waals surface area contributed by atoms with Crippen LogP contribution in [0.2, 0.25) is 0 Å². The van der Waals surface area contributed by atoms with Crippen LogP contribution >= 0.6 is 0 Å². The molecule has 1 saturated heterocycles. The predicted molar refractivity (Wildman–Crippen MR) is 131 cm³/mol. The topological polar surface area (TPSA) is 73.4 Å². The van der Waals surface area contributed by atoms with Crippen molar-refractivity contribution in [3.05, 3.63) is 24.3 Å². The van der Waals surface area contributed by atoms with Crippen LogP contribution in [0.25, 0.3) is 10.9 Å². The maximum Gasteiger partial charge on any atom is 0.225 e. The summed E-state index contributed by atoms with van der Waals surface area (Å²) in [4.78, 5) is 26.2. The number of likely N-dealkylation sites (tertiary alicyclic amines) is 1. The van der Waals surface area contributed by atoms with Gasteiger partial charge in [0.2, 0.25) is 11.9 Å². The second-order valence-corrected chi connectivity index (χ2v) is 9.60. The summed E-state index contributed by atoms with van der Waals surface area (Å²) in [6.45, 7) is 4.02. The number of nitrogens with zero attached hydrogens (tertiary/aromatic N) is 4. The van der Waals surface area contributed by atoms with E-state index in [-0.39, 0.29) is 5.91 Å². The van der Waals surface area contributed by atoms with E-state index in [1.807, 2.05) is 37.2 Å². The molecule has 2 fully saturated rings. The number of aromatic nitrogens is 2. The van der Waals surface area contributed by atoms with Crippen molar-refractivity contribution in [2.45, 2.75) is 57.4 Å². The van der Waals surface area contributed by atoms with Gasteiger partial charge in [0, 0.05) is 45.0 Å². The summed E-state index contributed by atoms with van der Waals surface area (Å²) >= 11 is 0. The third-order valence-electron chi connectivity index (χ3n) is 6.88. The Morgan fingerprint density at radius 2 is 1.81 bits per heavy atom. The molecule has 7 nitrogen and oxygen atoms in total. The fraction of sp³-hybridized carbons (Fsp3) is 0.640. The Morgan fingerprint density at radius 1 is 1.06 bits per heavy atom. The number of rotatable bonds is 8. The number of hydrogen-bond donors (Lipinski definition) is 2. The molecule has 0 bridgehead atoms. The number of carbonyl (C=O) groups is 1. The van der Waals surface area contributed by atoms with Gasteiger partial charge in [0.25, 0.3) is 0 Å². The summed E-state index contributed by atoms with van der Waals surface area (Å²) in [5.74, 6) is 2.43. The van der Waals surface area contributed by atoms with Crippen molar-refractivity contribution in [2.75, 3.05) is 50.5 Å². The first-order valence-electron chi connectivity index (χ1n) is 12.3. The number of fused-ring (bicyclic) bond motifs is 1. The number of piperidine rings is 1. The first-order chi connectivity index (χ1) is 15.6. The summed E-state index contributed by atoms with van der Waals surface area (Å²) in [6.07, 6.45) is 8.94. The van der Waals surface area contributed by atoms with Crippen LogP contribution in [0.5, 0.6) is 0 Å². The highest BCUT2D eigenvalue weighted by atomic mass is 16.1. The van der Waals surface area contributed by atoms with Gasteiger partial charge < -0.3 is 20.4 Å². The first-order valence-corrected chi connectivity index (χ1v) is 12.3. The second kappa shape index (κ2) is 10.9. The molecular formula is C25H38N6O. The molecule has 2 aromatic rings. The monoisotopic (exact) mass is 438 g/mol. The number of hydrogen-bond acceptors (Lipinski definition) is 6. The van der Waals surface area contributed by atoms with Gasteiger partial charge in [-0.3, -0.25) is 4.79 Å². The van der Waals surface area contributed by atoms with Gasteiger partial charge in [0.15, 0.2) is 0 Å². The normalized spacial score (nSPS) is 21.9. The molecule has 7 heteroatoms. The minimum atomic E-state index is 0.205. The van der Waals surface area contributed by atoms with Crippen LogP contribution in [0, 0.1) is 5.92 Å². The molecule has 0 spiro atoms. The molecule has 2 N–H and O–H groups in total. The van der Waals surface area contributed by atoms with Crippen LogP contribution in [0.3, 0.4) is 0 Å². The molecular weight excluding hydrogens is 400 g/mol. The van der Waals surface area contributed by atoms with Gasteiger partial charge in [-0.15, -0.1) is 0 Å². The zero-order chi connectivity index (χ0) is 22.3. The van der Waals surface area contributed by atoms with Gasteiger partial charge in [-0.2, -0.15) is 4.98 Å². The van der Waals surface area contributed by atoms with Gasteiger partial charge in [-0.05, 0) is 69.7 Å². The Hall–Kier alpha value is -2.41. The molecule has 1 aliphatic heterocycles. The van der Waals surface area contributed by atoms with Gasteiger partial charge in [0.05, 0.1) is 5.52 Å². The molecule has 0 radical (unpaired) electrons. The molecule has 1 aromatic carbocycles. The van der Waals surface area contributed by atoms with Gasteiger partial charge in [0.1, 0.15) is 5.82 Å². The lowest BCUT2D eigenvalue weighted by atomic mass is 9.86. The summed E-state index contributed by atoms with van der Waals surface area (Å²) < 4.78 is 0. The predicted octanol–water partition coefficient (Wildman–Crippen LogP) is 3.66. The van der Waals surface area contributed by atoms with Crippen LogP contribution in [0.4, 0.5) is 11.8 Å². The SMILES string of the molecule is CN(C)c1nc(NC2CCC(CNC(=O)CCN3CCCCC3)CC2)nc2ccccc12. The fourth-order valence-corrected chi connectivity index (χ4v) is 4.95. The summed E-state index contributed by atoms with van der Waals surface area (Å²) in [5, 5.41) is 7.82. The maximum atomic E-state index is 12.3. The highest BCUT2D eigenvalue weighted by Crippen LogP contribution is 2.28. The highest BCUT2D eigenvalue weighted by Gasteiger charge is 2.23. The molecule has 0 unspecified atom stereocenters. The number of nitrogens with one attached hydrogen (secondary N) is 2. The molecule has 1 aliphatic carbocycles. The zero-order valence-corrected chi connectivity index (χ0v) is 19.6. The van der Waals surface area contributed by atoms with Gasteiger partial charge in [-0.25, -0.2) is 4.98 Å². The lowest BCUT2D eigenvalue weighted by molar-refractivity contribution is -0.121. The van der Waals surface area contributed by atoms with Crippen LogP contribution in [-0.4, -0.2) is 67.1 Å². The molecule has 2 heterocycles. The number of amides is 1. The maximum absolute atomic E-state index is 12.3. The van der Waals surface area contributed by atoms with E-state index in [4.69, 9.17) is 9.97 Å². The van der Waals surface area contributed by atoms with E-state index in [2.05, 4.69) is 21.6 Å². The quantitative estimate of drug-likeness (QED) is 0.655. The van der Waals surface area contributed by atoms with Crippen LogP contribution < -0.4 is 15.5 Å². The van der Waals surface area contributed by atoms with Crippen molar-refractivity contribution in [2.24, 2.45) is 5.92 Å². The van der Waals surface area contributed by atoms with Crippen LogP contribution in [-0.2, 0) is 4.79 Å². The molecule has 174 valence electrons. The Bertz CT molecular complexity index is 887. The average molecular weight is 439 g/mol. The summed E-state index contributed by atoms with van der Waals surface area (Å²) in [7, 11) is 4.04. The van der Waals surface area contributed by atoms with Gasteiger partial charge >= 0.3 is 0 Å². The van der Waals surface area contributed by atoms with E-state index in [9.17, 15) is 4.79 Å². The lowest BCUT2D eigenvalue weighted by Crippen LogP contribution is -2.37. The van der Waals surface area contributed by atoms with Crippen molar-refractivity contribution < 1.29 is 4.79 Å². The van der Waals surface area contributed by atoms with E-state index in [1.165, 1.54) is 19.3 Å². The number of para-hydroxylation sites is 1. The smallest absolute Gasteiger partial charge is 0.225 e. The minimum absolute atomic E-state index is 0.205. The molecule has 1 saturated carbocycles. The van der Waals surface area contributed by atoms with Crippen molar-refractivity contribution >= 4 is 28.6 Å². The third-order valence-corrected chi connectivity index (χ3v) is 6.88. The minimum Gasteiger partial charge on any atom is -0.362 e. The number of anilines is 2. The van der Waals surface area contributed by atoms with Crippen molar-refractivity contribution in [1.29, 1.82) is 0 Å². The zero-order valence-electron chi connectivity index (χ0n) is 19.6. The largest absolute Gasteiger partial charge is 0.362 e. The van der Waals surface area contributed by atoms with E-state index in [1.54, 1.807) is 0 Å². The van der Waals surface area contributed by atoms with Crippen molar-refractivity contribution in [1.82, 2.24) is 20.2 Å². The average Bonchev–Trinajstić information content (AvgIpc) is 2.82. The second-order valence-electron chi connectivity index (χ2n) is 9.60. The Labute approximate surface area is 192 Å². The number of carbonyl (C=O) groups excluding carboxylic acids is 1. The summed E-state index contributed by atoms with van der Waals surface area (Å²) in [5.41, 5.74) is 0.967.